The van der Waals surface area contributed by atoms with E-state index in [1.807, 2.05) is 6.07 Å². The van der Waals surface area contributed by atoms with Crippen molar-refractivity contribution in [1.82, 2.24) is 8.87 Å². The normalized spacial score (nSPS) is 11.8. The van der Waals surface area contributed by atoms with Crippen LogP contribution in [0.1, 0.15) is 23.0 Å². The fourth-order valence-corrected chi connectivity index (χ4v) is 4.00. The molecule has 0 atom stereocenters. The Morgan fingerprint density at radius 1 is 1.35 bits per heavy atom. The fraction of sp³-hybridized carbons (Fsp3) is 0.267. The molecule has 0 aliphatic heterocycles. The van der Waals surface area contributed by atoms with E-state index >= 15 is 0 Å². The highest BCUT2D eigenvalue weighted by Crippen LogP contribution is 2.21. The number of benzene rings is 1. The molecule has 0 bridgehead atoms. The Bertz CT molecular complexity index is 830. The minimum absolute atomic E-state index is 0.0395. The second kappa shape index (κ2) is 6.74. The van der Waals surface area contributed by atoms with Crippen molar-refractivity contribution in [3.8, 4) is 0 Å². The monoisotopic (exact) mass is 355 g/mol. The summed E-state index contributed by atoms with van der Waals surface area (Å²) in [5, 5.41) is 0.548. The molecule has 0 radical (unpaired) electrons. The highest BCUT2D eigenvalue weighted by Gasteiger charge is 2.26. The minimum atomic E-state index is -3.74. The van der Waals surface area contributed by atoms with Crippen LogP contribution in [0.4, 0.5) is 0 Å². The number of nitrogens with zero attached hydrogens (tertiary/aromatic N) is 2. The molecule has 1 aromatic heterocycles. The molecule has 124 valence electrons. The smallest absolute Gasteiger partial charge is 0.265 e. The average Bonchev–Trinajstić information content (AvgIpc) is 2.87. The third-order valence-electron chi connectivity index (χ3n) is 3.47. The van der Waals surface area contributed by atoms with Crippen molar-refractivity contribution in [3.05, 3.63) is 52.8 Å². The first-order chi connectivity index (χ1) is 10.8. The van der Waals surface area contributed by atoms with Gasteiger partial charge in [0, 0.05) is 31.4 Å². The van der Waals surface area contributed by atoms with Gasteiger partial charge >= 0.3 is 0 Å². The van der Waals surface area contributed by atoms with Crippen molar-refractivity contribution < 1.29 is 13.2 Å². The Labute approximate surface area is 140 Å². The van der Waals surface area contributed by atoms with E-state index < -0.39 is 15.9 Å². The lowest BCUT2D eigenvalue weighted by Crippen LogP contribution is -2.30. The molecule has 1 heterocycles. The summed E-state index contributed by atoms with van der Waals surface area (Å²) in [6, 6.07) is 8.32. The Hall–Kier alpha value is -1.83. The number of sulfonamides is 1. The van der Waals surface area contributed by atoms with Crippen LogP contribution in [0.2, 0.25) is 5.02 Å². The van der Waals surface area contributed by atoms with Gasteiger partial charge in [0.15, 0.2) is 0 Å². The number of halogens is 1. The Morgan fingerprint density at radius 2 is 2.04 bits per heavy atom. The first-order valence-electron chi connectivity index (χ1n) is 6.96. The SMILES string of the molecule is CCN(Cc1cccc(Cl)c1)S(=O)(=O)c1cc(C(N)=O)n(C)c1. The second-order valence-corrected chi connectivity index (χ2v) is 7.47. The lowest BCUT2D eigenvalue weighted by Gasteiger charge is -2.20. The largest absolute Gasteiger partial charge is 0.364 e. The molecular formula is C15H18ClN3O3S. The van der Waals surface area contributed by atoms with Gasteiger partial charge in [-0.3, -0.25) is 4.79 Å². The second-order valence-electron chi connectivity index (χ2n) is 5.10. The summed E-state index contributed by atoms with van der Waals surface area (Å²) in [6.07, 6.45) is 1.38. The summed E-state index contributed by atoms with van der Waals surface area (Å²) in [5.74, 6) is -0.674. The number of rotatable bonds is 6. The van der Waals surface area contributed by atoms with E-state index in [0.717, 1.165) is 5.56 Å². The number of hydrogen-bond donors (Lipinski definition) is 1. The number of hydrogen-bond acceptors (Lipinski definition) is 3. The van der Waals surface area contributed by atoms with Crippen LogP contribution >= 0.6 is 11.6 Å². The van der Waals surface area contributed by atoms with Crippen molar-refractivity contribution in [1.29, 1.82) is 0 Å². The van der Waals surface area contributed by atoms with Gasteiger partial charge in [0.2, 0.25) is 10.0 Å². The zero-order chi connectivity index (χ0) is 17.2. The zero-order valence-corrected chi connectivity index (χ0v) is 14.4. The van der Waals surface area contributed by atoms with Crippen LogP contribution in [-0.4, -0.2) is 29.7 Å². The number of carbonyl (C=O) groups excluding carboxylic acids is 1. The van der Waals surface area contributed by atoms with Crippen molar-refractivity contribution in [2.24, 2.45) is 12.8 Å². The first-order valence-corrected chi connectivity index (χ1v) is 8.78. The van der Waals surface area contributed by atoms with Crippen molar-refractivity contribution in [2.45, 2.75) is 18.4 Å². The molecule has 0 saturated carbocycles. The van der Waals surface area contributed by atoms with Crippen LogP contribution in [-0.2, 0) is 23.6 Å². The van der Waals surface area contributed by atoms with E-state index in [2.05, 4.69) is 0 Å². The molecule has 1 aromatic carbocycles. The maximum atomic E-state index is 12.8. The minimum Gasteiger partial charge on any atom is -0.364 e. The number of aryl methyl sites for hydroxylation is 1. The number of aromatic nitrogens is 1. The standard InChI is InChI=1S/C15H18ClN3O3S/c1-3-19(9-11-5-4-6-12(16)7-11)23(21,22)13-8-14(15(17)20)18(2)10-13/h4-8,10H,3,9H2,1-2H3,(H2,17,20). The van der Waals surface area contributed by atoms with Gasteiger partial charge in [-0.25, -0.2) is 8.42 Å². The third kappa shape index (κ3) is 3.74. The summed E-state index contributed by atoms with van der Waals surface area (Å²) in [7, 11) is -2.16. The molecule has 0 saturated heterocycles. The van der Waals surface area contributed by atoms with Crippen LogP contribution in [0.15, 0.2) is 41.4 Å². The van der Waals surface area contributed by atoms with Crippen molar-refractivity contribution in [2.75, 3.05) is 6.54 Å². The molecule has 1 amide bonds. The van der Waals surface area contributed by atoms with Gasteiger partial charge in [-0.2, -0.15) is 4.31 Å². The lowest BCUT2D eigenvalue weighted by atomic mass is 10.2. The van der Waals surface area contributed by atoms with Gasteiger partial charge < -0.3 is 10.3 Å². The predicted octanol–water partition coefficient (Wildman–Crippen LogP) is 1.99. The topological polar surface area (TPSA) is 85.4 Å². The molecule has 6 nitrogen and oxygen atoms in total. The predicted molar refractivity (Wildman–Crippen MR) is 88.7 cm³/mol. The first kappa shape index (κ1) is 17.5. The molecule has 2 N–H and O–H groups in total. The Kier molecular flexibility index (Phi) is 5.13. The number of nitrogens with two attached hydrogens (primary N) is 1. The highest BCUT2D eigenvalue weighted by atomic mass is 35.5. The number of primary amides is 1. The Morgan fingerprint density at radius 3 is 2.57 bits per heavy atom. The van der Waals surface area contributed by atoms with E-state index in [1.54, 1.807) is 32.2 Å². The summed E-state index contributed by atoms with van der Waals surface area (Å²) in [4.78, 5) is 11.3. The molecule has 0 spiro atoms. The van der Waals surface area contributed by atoms with E-state index in [0.29, 0.717) is 5.02 Å². The van der Waals surface area contributed by atoms with E-state index in [1.165, 1.54) is 21.1 Å². The fourth-order valence-electron chi connectivity index (χ4n) is 2.28. The van der Waals surface area contributed by atoms with Gasteiger partial charge in [0.25, 0.3) is 5.91 Å². The third-order valence-corrected chi connectivity index (χ3v) is 5.59. The van der Waals surface area contributed by atoms with Crippen LogP contribution in [0, 0.1) is 0 Å². The van der Waals surface area contributed by atoms with Gasteiger partial charge in [-0.05, 0) is 23.8 Å². The number of carbonyl (C=O) groups is 1. The molecule has 0 fully saturated rings. The summed E-state index contributed by atoms with van der Waals surface area (Å²) in [5.41, 5.74) is 6.16. The maximum Gasteiger partial charge on any atom is 0.265 e. The van der Waals surface area contributed by atoms with E-state index in [9.17, 15) is 13.2 Å². The number of amides is 1. The molecule has 8 heteroatoms. The molecular weight excluding hydrogens is 338 g/mol. The zero-order valence-electron chi connectivity index (χ0n) is 12.9. The highest BCUT2D eigenvalue weighted by molar-refractivity contribution is 7.89. The van der Waals surface area contributed by atoms with Gasteiger partial charge in [-0.15, -0.1) is 0 Å². The van der Waals surface area contributed by atoms with Crippen LogP contribution in [0.3, 0.4) is 0 Å². The molecule has 0 aliphatic carbocycles. The van der Waals surface area contributed by atoms with E-state index in [4.69, 9.17) is 17.3 Å². The summed E-state index contributed by atoms with van der Waals surface area (Å²) in [6.45, 7) is 2.23. The average molecular weight is 356 g/mol. The molecule has 0 unspecified atom stereocenters. The molecule has 2 aromatic rings. The Balaban J connectivity index is 2.35. The molecule has 23 heavy (non-hydrogen) atoms. The van der Waals surface area contributed by atoms with Crippen LogP contribution in [0.25, 0.3) is 0 Å². The van der Waals surface area contributed by atoms with Crippen LogP contribution in [0.5, 0.6) is 0 Å². The van der Waals surface area contributed by atoms with Gasteiger partial charge in [0.05, 0.1) is 0 Å². The van der Waals surface area contributed by atoms with E-state index in [-0.39, 0.29) is 23.7 Å². The quantitative estimate of drug-likeness (QED) is 0.859. The lowest BCUT2D eigenvalue weighted by molar-refractivity contribution is 0.0992. The van der Waals surface area contributed by atoms with Crippen molar-refractivity contribution >= 4 is 27.5 Å². The van der Waals surface area contributed by atoms with Crippen LogP contribution < -0.4 is 5.73 Å². The van der Waals surface area contributed by atoms with Gasteiger partial charge in [-0.1, -0.05) is 30.7 Å². The summed E-state index contributed by atoms with van der Waals surface area (Å²) < 4.78 is 28.3. The summed E-state index contributed by atoms with van der Waals surface area (Å²) >= 11 is 5.94. The van der Waals surface area contributed by atoms with Gasteiger partial charge in [0.1, 0.15) is 10.6 Å². The maximum absolute atomic E-state index is 12.8. The van der Waals surface area contributed by atoms with Crippen molar-refractivity contribution in [3.63, 3.8) is 0 Å². The molecule has 2 rings (SSSR count). The molecule has 0 aliphatic rings.